The lowest BCUT2D eigenvalue weighted by Gasteiger charge is -2.26. The van der Waals surface area contributed by atoms with Crippen molar-refractivity contribution in [2.75, 3.05) is 13.2 Å². The van der Waals surface area contributed by atoms with Crippen LogP contribution in [-0.4, -0.2) is 44.1 Å². The van der Waals surface area contributed by atoms with Crippen LogP contribution in [-0.2, 0) is 24.1 Å². The van der Waals surface area contributed by atoms with Gasteiger partial charge in [0.2, 0.25) is 0 Å². The van der Waals surface area contributed by atoms with Gasteiger partial charge < -0.3 is 14.6 Å². The van der Waals surface area contributed by atoms with Gasteiger partial charge in [-0.05, 0) is 43.4 Å². The second-order valence-electron chi connectivity index (χ2n) is 7.04. The second-order valence-corrected chi connectivity index (χ2v) is 9.27. The quantitative estimate of drug-likeness (QED) is 0.813. The Hall–Kier alpha value is -1.44. The van der Waals surface area contributed by atoms with Crippen LogP contribution in [0, 0.1) is 0 Å². The number of sulfone groups is 1. The molecule has 2 fully saturated rings. The van der Waals surface area contributed by atoms with E-state index in [1.807, 2.05) is 0 Å². The van der Waals surface area contributed by atoms with Gasteiger partial charge in [-0.2, -0.15) is 0 Å². The van der Waals surface area contributed by atoms with Crippen LogP contribution in [0.1, 0.15) is 56.6 Å². The fourth-order valence-corrected chi connectivity index (χ4v) is 5.40. The summed E-state index contributed by atoms with van der Waals surface area (Å²) >= 11 is 0. The van der Waals surface area contributed by atoms with E-state index in [0.29, 0.717) is 31.6 Å². The first kappa shape index (κ1) is 19.3. The molecule has 0 bridgehead atoms. The first-order valence-electron chi connectivity index (χ1n) is 9.28. The van der Waals surface area contributed by atoms with Crippen molar-refractivity contribution in [3.05, 3.63) is 29.8 Å². The lowest BCUT2D eigenvalue weighted by Crippen LogP contribution is -2.29. The van der Waals surface area contributed by atoms with Gasteiger partial charge in [0.15, 0.2) is 15.9 Å². The van der Waals surface area contributed by atoms with Crippen molar-refractivity contribution in [2.24, 2.45) is 0 Å². The van der Waals surface area contributed by atoms with Crippen molar-refractivity contribution < 1.29 is 27.8 Å². The highest BCUT2D eigenvalue weighted by atomic mass is 32.2. The fourth-order valence-electron chi connectivity index (χ4n) is 3.68. The lowest BCUT2D eigenvalue weighted by molar-refractivity contribution is -0.156. The predicted octanol–water partition coefficient (Wildman–Crippen LogP) is 3.11. The van der Waals surface area contributed by atoms with Gasteiger partial charge in [-0.3, -0.25) is 0 Å². The summed E-state index contributed by atoms with van der Waals surface area (Å²) in [5, 5.41) is 9.10. The molecule has 1 aromatic carbocycles. The standard InChI is InChI=1S/C19H26O6S/c20-19(21)18(25-15-4-2-1-3-5-15)14-6-8-16(9-7-14)26(22,23)17-10-12-24-13-11-17/h6-9,15,17-18H,1-5,10-13H2,(H,20,21). The number of ether oxygens (including phenoxy) is 2. The molecule has 1 heterocycles. The molecule has 1 N–H and O–H groups in total. The third kappa shape index (κ3) is 4.45. The Kier molecular flexibility index (Phi) is 6.32. The summed E-state index contributed by atoms with van der Waals surface area (Å²) in [4.78, 5) is 11.9. The monoisotopic (exact) mass is 382 g/mol. The first-order chi connectivity index (χ1) is 12.5. The van der Waals surface area contributed by atoms with Crippen LogP contribution in [0.4, 0.5) is 0 Å². The Bertz CT molecular complexity index is 700. The molecule has 1 aromatic rings. The van der Waals surface area contributed by atoms with E-state index in [2.05, 4.69) is 0 Å². The first-order valence-corrected chi connectivity index (χ1v) is 10.8. The number of hydrogen-bond donors (Lipinski definition) is 1. The smallest absolute Gasteiger partial charge is 0.337 e. The van der Waals surface area contributed by atoms with E-state index in [-0.39, 0.29) is 11.0 Å². The third-order valence-electron chi connectivity index (χ3n) is 5.22. The van der Waals surface area contributed by atoms with Gasteiger partial charge in [-0.1, -0.05) is 31.4 Å². The van der Waals surface area contributed by atoms with E-state index in [1.165, 1.54) is 12.1 Å². The molecule has 1 aliphatic carbocycles. The van der Waals surface area contributed by atoms with Gasteiger partial charge in [0.25, 0.3) is 0 Å². The van der Waals surface area contributed by atoms with Crippen LogP contribution in [0.15, 0.2) is 29.2 Å². The minimum absolute atomic E-state index is 0.0458. The summed E-state index contributed by atoms with van der Waals surface area (Å²) in [7, 11) is -3.42. The van der Waals surface area contributed by atoms with Crippen LogP contribution in [0.2, 0.25) is 0 Å². The van der Waals surface area contributed by atoms with E-state index < -0.39 is 27.2 Å². The summed E-state index contributed by atoms with van der Waals surface area (Å²) in [5.74, 6) is -1.05. The number of carbonyl (C=O) groups is 1. The molecular weight excluding hydrogens is 356 g/mol. The molecule has 1 saturated carbocycles. The molecule has 3 rings (SSSR count). The van der Waals surface area contributed by atoms with Crippen molar-refractivity contribution in [1.29, 1.82) is 0 Å². The number of aliphatic carboxylic acids is 1. The highest BCUT2D eigenvalue weighted by Crippen LogP contribution is 2.29. The minimum atomic E-state index is -3.42. The zero-order valence-corrected chi connectivity index (χ0v) is 15.6. The van der Waals surface area contributed by atoms with Crippen molar-refractivity contribution in [1.82, 2.24) is 0 Å². The second kappa shape index (κ2) is 8.50. The van der Waals surface area contributed by atoms with Crippen LogP contribution < -0.4 is 0 Å². The molecule has 1 unspecified atom stereocenters. The molecule has 0 spiro atoms. The van der Waals surface area contributed by atoms with Gasteiger partial charge in [-0.15, -0.1) is 0 Å². The molecule has 26 heavy (non-hydrogen) atoms. The summed E-state index contributed by atoms with van der Waals surface area (Å²) in [6.45, 7) is 0.913. The Morgan fingerprint density at radius 1 is 1.04 bits per heavy atom. The maximum absolute atomic E-state index is 12.7. The highest BCUT2D eigenvalue weighted by Gasteiger charge is 2.30. The maximum atomic E-state index is 12.7. The minimum Gasteiger partial charge on any atom is -0.479 e. The largest absolute Gasteiger partial charge is 0.479 e. The molecule has 144 valence electrons. The third-order valence-corrected chi connectivity index (χ3v) is 7.50. The Morgan fingerprint density at radius 3 is 2.23 bits per heavy atom. The number of carboxylic acid groups (broad SMARTS) is 1. The van der Waals surface area contributed by atoms with Crippen molar-refractivity contribution >= 4 is 15.8 Å². The molecule has 7 heteroatoms. The molecule has 0 radical (unpaired) electrons. The number of rotatable bonds is 6. The van der Waals surface area contributed by atoms with Crippen LogP contribution in [0.25, 0.3) is 0 Å². The Morgan fingerprint density at radius 2 is 1.65 bits per heavy atom. The van der Waals surface area contributed by atoms with Crippen molar-refractivity contribution in [3.8, 4) is 0 Å². The van der Waals surface area contributed by atoms with Crippen molar-refractivity contribution in [3.63, 3.8) is 0 Å². The summed E-state index contributed by atoms with van der Waals surface area (Å²) in [6.07, 6.45) is 4.90. The van der Waals surface area contributed by atoms with E-state index >= 15 is 0 Å². The van der Waals surface area contributed by atoms with E-state index in [1.54, 1.807) is 12.1 Å². The van der Waals surface area contributed by atoms with Gasteiger partial charge in [-0.25, -0.2) is 13.2 Å². The normalized spacial score (nSPS) is 21.4. The van der Waals surface area contributed by atoms with Gasteiger partial charge >= 0.3 is 5.97 Å². The summed E-state index contributed by atoms with van der Waals surface area (Å²) in [5.41, 5.74) is 0.481. The van der Waals surface area contributed by atoms with Crippen LogP contribution >= 0.6 is 0 Å². The predicted molar refractivity (Wildman–Crippen MR) is 95.8 cm³/mol. The zero-order chi connectivity index (χ0) is 18.6. The lowest BCUT2D eigenvalue weighted by atomic mass is 9.97. The molecule has 6 nitrogen and oxygen atoms in total. The molecule has 0 amide bonds. The zero-order valence-electron chi connectivity index (χ0n) is 14.8. The average Bonchev–Trinajstić information content (AvgIpc) is 2.67. The molecular formula is C19H26O6S. The molecule has 0 aromatic heterocycles. The van der Waals surface area contributed by atoms with Crippen LogP contribution in [0.3, 0.4) is 0 Å². The van der Waals surface area contributed by atoms with E-state index in [9.17, 15) is 18.3 Å². The molecule has 1 saturated heterocycles. The Labute approximate surface area is 154 Å². The van der Waals surface area contributed by atoms with Gasteiger partial charge in [0.05, 0.1) is 16.2 Å². The van der Waals surface area contributed by atoms with Crippen molar-refractivity contribution in [2.45, 2.75) is 67.3 Å². The molecule has 1 aliphatic heterocycles. The number of hydrogen-bond acceptors (Lipinski definition) is 5. The SMILES string of the molecule is O=C(O)C(OC1CCCCC1)c1ccc(S(=O)(=O)C2CCOCC2)cc1. The topological polar surface area (TPSA) is 89.9 Å². The maximum Gasteiger partial charge on any atom is 0.337 e. The Balaban J connectivity index is 1.74. The number of carboxylic acids is 1. The summed E-state index contributed by atoms with van der Waals surface area (Å²) in [6, 6.07) is 6.13. The van der Waals surface area contributed by atoms with Gasteiger partial charge in [0, 0.05) is 13.2 Å². The van der Waals surface area contributed by atoms with E-state index in [4.69, 9.17) is 9.47 Å². The highest BCUT2D eigenvalue weighted by molar-refractivity contribution is 7.92. The van der Waals surface area contributed by atoms with Crippen LogP contribution in [0.5, 0.6) is 0 Å². The average molecular weight is 382 g/mol. The number of benzene rings is 1. The van der Waals surface area contributed by atoms with Gasteiger partial charge in [0.1, 0.15) is 0 Å². The van der Waals surface area contributed by atoms with E-state index in [0.717, 1.165) is 32.1 Å². The molecule has 2 aliphatic rings. The fraction of sp³-hybridized carbons (Fsp3) is 0.632. The molecule has 1 atom stereocenters. The summed E-state index contributed by atoms with van der Waals surface area (Å²) < 4.78 is 36.5.